The first kappa shape index (κ1) is 14.2. The lowest BCUT2D eigenvalue weighted by molar-refractivity contribution is -0.0811. The van der Waals surface area contributed by atoms with Crippen LogP contribution in [0.2, 0.25) is 0 Å². The van der Waals surface area contributed by atoms with Crippen LogP contribution >= 0.6 is 0 Å². The maximum absolute atomic E-state index is 12.6. The van der Waals surface area contributed by atoms with E-state index in [1.807, 2.05) is 0 Å². The number of carbonyl (C=O) groups is 1. The first-order valence-corrected chi connectivity index (χ1v) is 8.18. The summed E-state index contributed by atoms with van der Waals surface area (Å²) in [7, 11) is 1.69. The highest BCUT2D eigenvalue weighted by Gasteiger charge is 2.54. The van der Waals surface area contributed by atoms with E-state index in [1.165, 1.54) is 0 Å². The van der Waals surface area contributed by atoms with Crippen LogP contribution in [-0.2, 0) is 22.3 Å². The molecule has 2 aliphatic carbocycles. The smallest absolute Gasteiger partial charge is 0.290 e. The molecule has 3 aliphatic rings. The number of ether oxygens (including phenoxy) is 2. The average molecular weight is 306 g/mol. The van der Waals surface area contributed by atoms with Crippen molar-refractivity contribution in [3.05, 3.63) is 17.0 Å². The van der Waals surface area contributed by atoms with Crippen LogP contribution in [0.25, 0.3) is 0 Å². The molecule has 6 heteroatoms. The molecule has 2 heterocycles. The summed E-state index contributed by atoms with van der Waals surface area (Å²) in [4.78, 5) is 12.6. The standard InChI is InChI=1S/C16H22N2O4/c1-20-8-11-13(10-6-7-21-14(10)11)17-16(19)15-9-4-2-3-5-12(9)18-22-15/h10-11,13-14H,2-8H2,1H3,(H,17,19)/t10-,11+,13-,14-/m0/s1. The van der Waals surface area contributed by atoms with Crippen molar-refractivity contribution in [2.45, 2.75) is 44.2 Å². The highest BCUT2D eigenvalue weighted by atomic mass is 16.5. The first-order valence-electron chi connectivity index (χ1n) is 8.18. The average Bonchev–Trinajstić information content (AvgIpc) is 3.15. The number of methoxy groups -OCH3 is 1. The molecule has 2 fully saturated rings. The van der Waals surface area contributed by atoms with Gasteiger partial charge in [-0.3, -0.25) is 4.79 Å². The highest BCUT2D eigenvalue weighted by molar-refractivity contribution is 5.93. The Bertz CT molecular complexity index is 570. The number of hydrogen-bond acceptors (Lipinski definition) is 5. The number of rotatable bonds is 4. The maximum Gasteiger partial charge on any atom is 0.290 e. The molecule has 1 saturated heterocycles. The van der Waals surface area contributed by atoms with Crippen LogP contribution in [-0.4, -0.2) is 43.5 Å². The van der Waals surface area contributed by atoms with Crippen molar-refractivity contribution >= 4 is 5.91 Å². The summed E-state index contributed by atoms with van der Waals surface area (Å²) in [6.07, 6.45) is 5.27. The lowest BCUT2D eigenvalue weighted by Crippen LogP contribution is -2.62. The Morgan fingerprint density at radius 2 is 2.27 bits per heavy atom. The number of hydrogen-bond donors (Lipinski definition) is 1. The van der Waals surface area contributed by atoms with Crippen LogP contribution in [0.15, 0.2) is 4.52 Å². The molecule has 0 aromatic carbocycles. The van der Waals surface area contributed by atoms with Crippen molar-refractivity contribution in [2.75, 3.05) is 20.3 Å². The Balaban J connectivity index is 1.48. The molecule has 6 nitrogen and oxygen atoms in total. The number of nitrogens with one attached hydrogen (secondary N) is 1. The lowest BCUT2D eigenvalue weighted by atomic mass is 9.67. The van der Waals surface area contributed by atoms with E-state index >= 15 is 0 Å². The van der Waals surface area contributed by atoms with Crippen molar-refractivity contribution in [3.63, 3.8) is 0 Å². The molecule has 1 aromatic rings. The third-order valence-corrected chi connectivity index (χ3v) is 5.35. The van der Waals surface area contributed by atoms with E-state index in [0.29, 0.717) is 18.3 Å². The minimum atomic E-state index is -0.132. The van der Waals surface area contributed by atoms with E-state index in [9.17, 15) is 4.79 Å². The van der Waals surface area contributed by atoms with Crippen molar-refractivity contribution in [3.8, 4) is 0 Å². The fourth-order valence-corrected chi connectivity index (χ4v) is 4.22. The summed E-state index contributed by atoms with van der Waals surface area (Å²) < 4.78 is 16.4. The third-order valence-electron chi connectivity index (χ3n) is 5.35. The second kappa shape index (κ2) is 5.66. The van der Waals surface area contributed by atoms with Gasteiger partial charge in [-0.1, -0.05) is 5.16 Å². The van der Waals surface area contributed by atoms with Gasteiger partial charge in [0.25, 0.3) is 5.91 Å². The van der Waals surface area contributed by atoms with Crippen LogP contribution < -0.4 is 5.32 Å². The number of fused-ring (bicyclic) bond motifs is 2. The van der Waals surface area contributed by atoms with Gasteiger partial charge in [-0.15, -0.1) is 0 Å². The molecule has 1 aliphatic heterocycles. The lowest BCUT2D eigenvalue weighted by Gasteiger charge is -2.47. The zero-order chi connectivity index (χ0) is 15.1. The summed E-state index contributed by atoms with van der Waals surface area (Å²) in [6, 6.07) is 0.115. The Kier molecular flexibility index (Phi) is 3.66. The molecule has 4 rings (SSSR count). The predicted octanol–water partition coefficient (Wildman–Crippen LogP) is 1.33. The SMILES string of the molecule is COC[C@@H]1[C@@H](NC(=O)c2onc3c2CCCC3)[C@@H]2CCO[C@H]12. The van der Waals surface area contributed by atoms with Crippen molar-refractivity contribution in [2.24, 2.45) is 11.8 Å². The molecule has 0 spiro atoms. The van der Waals surface area contributed by atoms with Crippen molar-refractivity contribution in [1.82, 2.24) is 10.5 Å². The van der Waals surface area contributed by atoms with Gasteiger partial charge in [0.15, 0.2) is 0 Å². The van der Waals surface area contributed by atoms with E-state index in [4.69, 9.17) is 14.0 Å². The Morgan fingerprint density at radius 1 is 1.41 bits per heavy atom. The van der Waals surface area contributed by atoms with Crippen LogP contribution in [0.5, 0.6) is 0 Å². The molecule has 120 valence electrons. The zero-order valence-electron chi connectivity index (χ0n) is 12.8. The second-order valence-electron chi connectivity index (χ2n) is 6.55. The number of aryl methyl sites for hydroxylation is 1. The monoisotopic (exact) mass is 306 g/mol. The number of carbonyl (C=O) groups excluding carboxylic acids is 1. The fourth-order valence-electron chi connectivity index (χ4n) is 4.22. The van der Waals surface area contributed by atoms with Gasteiger partial charge in [0, 0.05) is 37.2 Å². The number of nitrogens with zero attached hydrogens (tertiary/aromatic N) is 1. The molecule has 0 bridgehead atoms. The Hall–Kier alpha value is -1.40. The van der Waals surface area contributed by atoms with Crippen LogP contribution in [0.1, 0.15) is 41.1 Å². The van der Waals surface area contributed by atoms with Crippen molar-refractivity contribution in [1.29, 1.82) is 0 Å². The summed E-state index contributed by atoms with van der Waals surface area (Å²) >= 11 is 0. The van der Waals surface area contributed by atoms with Gasteiger partial charge in [-0.05, 0) is 32.1 Å². The number of amides is 1. The largest absolute Gasteiger partial charge is 0.384 e. The number of aromatic nitrogens is 1. The molecule has 4 atom stereocenters. The summed E-state index contributed by atoms with van der Waals surface area (Å²) in [5.41, 5.74) is 1.96. The summed E-state index contributed by atoms with van der Waals surface area (Å²) in [5.74, 6) is 0.920. The normalized spacial score (nSPS) is 33.0. The quantitative estimate of drug-likeness (QED) is 0.908. The zero-order valence-corrected chi connectivity index (χ0v) is 12.8. The van der Waals surface area contributed by atoms with Crippen LogP contribution in [0, 0.1) is 11.8 Å². The van der Waals surface area contributed by atoms with Crippen LogP contribution in [0.3, 0.4) is 0 Å². The van der Waals surface area contributed by atoms with Gasteiger partial charge < -0.3 is 19.3 Å². The topological polar surface area (TPSA) is 73.6 Å². The first-order chi connectivity index (χ1) is 10.8. The highest BCUT2D eigenvalue weighted by Crippen LogP contribution is 2.44. The predicted molar refractivity (Wildman–Crippen MR) is 77.6 cm³/mol. The maximum atomic E-state index is 12.6. The van der Waals surface area contributed by atoms with Crippen LogP contribution in [0.4, 0.5) is 0 Å². The fraction of sp³-hybridized carbons (Fsp3) is 0.750. The molecule has 0 radical (unpaired) electrons. The molecule has 1 amide bonds. The minimum Gasteiger partial charge on any atom is -0.384 e. The molecular weight excluding hydrogens is 284 g/mol. The molecule has 1 N–H and O–H groups in total. The van der Waals surface area contributed by atoms with Gasteiger partial charge >= 0.3 is 0 Å². The van der Waals surface area contributed by atoms with E-state index in [0.717, 1.165) is 50.0 Å². The second-order valence-corrected chi connectivity index (χ2v) is 6.55. The van der Waals surface area contributed by atoms with E-state index in [1.54, 1.807) is 7.11 Å². The van der Waals surface area contributed by atoms with Gasteiger partial charge in [-0.25, -0.2) is 0 Å². The molecule has 22 heavy (non-hydrogen) atoms. The summed E-state index contributed by atoms with van der Waals surface area (Å²) in [6.45, 7) is 1.39. The van der Waals surface area contributed by atoms with Gasteiger partial charge in [0.05, 0.1) is 18.4 Å². The van der Waals surface area contributed by atoms with Gasteiger partial charge in [0.1, 0.15) is 0 Å². The van der Waals surface area contributed by atoms with E-state index in [2.05, 4.69) is 10.5 Å². The molecule has 1 aromatic heterocycles. The van der Waals surface area contributed by atoms with Crippen molar-refractivity contribution < 1.29 is 18.8 Å². The minimum absolute atomic E-state index is 0.115. The molecule has 1 saturated carbocycles. The van der Waals surface area contributed by atoms with Gasteiger partial charge in [-0.2, -0.15) is 0 Å². The third kappa shape index (κ3) is 2.16. The van der Waals surface area contributed by atoms with E-state index in [-0.39, 0.29) is 24.0 Å². The molecule has 0 unspecified atom stereocenters. The van der Waals surface area contributed by atoms with Gasteiger partial charge in [0.2, 0.25) is 5.76 Å². The summed E-state index contributed by atoms with van der Waals surface area (Å²) in [5, 5.41) is 7.21. The Labute approximate surface area is 129 Å². The van der Waals surface area contributed by atoms with E-state index < -0.39 is 0 Å². The molecular formula is C16H22N2O4. The Morgan fingerprint density at radius 3 is 3.14 bits per heavy atom.